The minimum atomic E-state index is 0.442. The van der Waals surface area contributed by atoms with Crippen LogP contribution < -0.4 is 5.73 Å². The Hall–Kier alpha value is -1.31. The highest BCUT2D eigenvalue weighted by Gasteiger charge is 2.38. The van der Waals surface area contributed by atoms with Crippen molar-refractivity contribution in [3.63, 3.8) is 0 Å². The number of nitrogens with zero attached hydrogens (tertiary/aromatic N) is 1. The van der Waals surface area contributed by atoms with Gasteiger partial charge in [0.2, 0.25) is 0 Å². The van der Waals surface area contributed by atoms with Crippen LogP contribution in [0, 0.1) is 0 Å². The van der Waals surface area contributed by atoms with E-state index in [1.165, 1.54) is 5.56 Å². The van der Waals surface area contributed by atoms with Crippen molar-refractivity contribution < 1.29 is 0 Å². The van der Waals surface area contributed by atoms with E-state index in [1.807, 2.05) is 13.0 Å². The van der Waals surface area contributed by atoms with Crippen molar-refractivity contribution in [1.82, 2.24) is 0 Å². The van der Waals surface area contributed by atoms with E-state index in [9.17, 15) is 0 Å². The Morgan fingerprint density at radius 2 is 2.14 bits per heavy atom. The van der Waals surface area contributed by atoms with Crippen molar-refractivity contribution in [2.45, 2.75) is 31.7 Å². The van der Waals surface area contributed by atoms with E-state index in [0.29, 0.717) is 12.0 Å². The molecule has 2 heteroatoms. The fourth-order valence-corrected chi connectivity index (χ4v) is 1.69. The second-order valence-electron chi connectivity index (χ2n) is 3.79. The summed E-state index contributed by atoms with van der Waals surface area (Å²) in [6, 6.07) is 11.0. The van der Waals surface area contributed by atoms with Crippen molar-refractivity contribution in [1.29, 1.82) is 0 Å². The van der Waals surface area contributed by atoms with Crippen LogP contribution in [0.3, 0.4) is 0 Å². The van der Waals surface area contributed by atoms with E-state index >= 15 is 0 Å². The molecular weight excluding hydrogens is 172 g/mol. The molecule has 0 amide bonds. The number of amidine groups is 1. The Bertz CT molecular complexity index is 329. The van der Waals surface area contributed by atoms with Gasteiger partial charge in [-0.3, -0.25) is 4.99 Å². The summed E-state index contributed by atoms with van der Waals surface area (Å²) in [5.74, 6) is 1.40. The van der Waals surface area contributed by atoms with Crippen LogP contribution in [0.5, 0.6) is 0 Å². The summed E-state index contributed by atoms with van der Waals surface area (Å²) in [5.41, 5.74) is 7.10. The largest absolute Gasteiger partial charge is 0.387 e. The minimum absolute atomic E-state index is 0.442. The van der Waals surface area contributed by atoms with Crippen molar-refractivity contribution in [3.05, 3.63) is 35.9 Å². The summed E-state index contributed by atoms with van der Waals surface area (Å²) in [4.78, 5) is 4.46. The lowest BCUT2D eigenvalue weighted by atomic mass is 10.1. The van der Waals surface area contributed by atoms with Gasteiger partial charge in [0.1, 0.15) is 0 Å². The molecule has 1 aliphatic carbocycles. The van der Waals surface area contributed by atoms with E-state index in [0.717, 1.165) is 18.7 Å². The molecule has 74 valence electrons. The van der Waals surface area contributed by atoms with Crippen LogP contribution in [-0.2, 0) is 0 Å². The molecule has 0 spiro atoms. The van der Waals surface area contributed by atoms with Crippen molar-refractivity contribution in [2.75, 3.05) is 0 Å². The van der Waals surface area contributed by atoms with Crippen LogP contribution in [0.1, 0.15) is 31.2 Å². The molecule has 1 saturated carbocycles. The van der Waals surface area contributed by atoms with Gasteiger partial charge >= 0.3 is 0 Å². The number of hydrogen-bond acceptors (Lipinski definition) is 1. The molecule has 14 heavy (non-hydrogen) atoms. The zero-order valence-electron chi connectivity index (χ0n) is 8.48. The van der Waals surface area contributed by atoms with Gasteiger partial charge in [0.15, 0.2) is 0 Å². The smallest absolute Gasteiger partial charge is 0.0937 e. The standard InChI is InChI=1S/C12H16N2/c1-2-12(13)14-11-8-10(11)9-6-4-3-5-7-9/h3-7,10-11H,2,8H2,1H3,(H2,13,14). The third kappa shape index (κ3) is 1.95. The molecule has 0 aliphatic heterocycles. The highest BCUT2D eigenvalue weighted by molar-refractivity contribution is 5.80. The van der Waals surface area contributed by atoms with Gasteiger partial charge in [0.25, 0.3) is 0 Å². The Morgan fingerprint density at radius 3 is 2.79 bits per heavy atom. The van der Waals surface area contributed by atoms with Crippen LogP contribution in [0.15, 0.2) is 35.3 Å². The molecule has 0 saturated heterocycles. The van der Waals surface area contributed by atoms with Gasteiger partial charge in [0.05, 0.1) is 11.9 Å². The average Bonchev–Trinajstić information content (AvgIpc) is 2.98. The summed E-state index contributed by atoms with van der Waals surface area (Å²) < 4.78 is 0. The normalized spacial score (nSPS) is 26.2. The Morgan fingerprint density at radius 1 is 1.43 bits per heavy atom. The summed E-state index contributed by atoms with van der Waals surface area (Å²) in [6.07, 6.45) is 2.02. The molecular formula is C12H16N2. The van der Waals surface area contributed by atoms with Gasteiger partial charge < -0.3 is 5.73 Å². The predicted molar refractivity (Wildman–Crippen MR) is 59.5 cm³/mol. The lowest BCUT2D eigenvalue weighted by Crippen LogP contribution is -2.10. The second kappa shape index (κ2) is 3.82. The van der Waals surface area contributed by atoms with E-state index in [1.54, 1.807) is 0 Å². The number of nitrogens with two attached hydrogens (primary N) is 1. The maximum atomic E-state index is 5.70. The van der Waals surface area contributed by atoms with E-state index in [4.69, 9.17) is 5.73 Å². The van der Waals surface area contributed by atoms with Gasteiger partial charge in [-0.1, -0.05) is 37.3 Å². The SMILES string of the molecule is CCC(N)=NC1CC1c1ccccc1. The first kappa shape index (κ1) is 9.25. The fraction of sp³-hybridized carbons (Fsp3) is 0.417. The number of rotatable bonds is 3. The van der Waals surface area contributed by atoms with Gasteiger partial charge in [-0.15, -0.1) is 0 Å². The van der Waals surface area contributed by atoms with Crippen molar-refractivity contribution in [3.8, 4) is 0 Å². The minimum Gasteiger partial charge on any atom is -0.387 e. The molecule has 2 atom stereocenters. The van der Waals surface area contributed by atoms with Gasteiger partial charge in [-0.2, -0.15) is 0 Å². The van der Waals surface area contributed by atoms with E-state index in [-0.39, 0.29) is 0 Å². The van der Waals surface area contributed by atoms with Gasteiger partial charge in [-0.25, -0.2) is 0 Å². The number of aliphatic imine (C=N–C) groups is 1. The van der Waals surface area contributed by atoms with Crippen LogP contribution >= 0.6 is 0 Å². The second-order valence-corrected chi connectivity index (χ2v) is 3.79. The fourth-order valence-electron chi connectivity index (χ4n) is 1.69. The molecule has 0 aromatic heterocycles. The maximum Gasteiger partial charge on any atom is 0.0937 e. The lowest BCUT2D eigenvalue weighted by Gasteiger charge is -1.97. The first-order chi connectivity index (χ1) is 6.81. The first-order valence-electron chi connectivity index (χ1n) is 5.18. The summed E-state index contributed by atoms with van der Waals surface area (Å²) in [7, 11) is 0. The molecule has 2 rings (SSSR count). The Kier molecular flexibility index (Phi) is 2.53. The summed E-state index contributed by atoms with van der Waals surface area (Å²) in [6.45, 7) is 2.04. The summed E-state index contributed by atoms with van der Waals surface area (Å²) >= 11 is 0. The lowest BCUT2D eigenvalue weighted by molar-refractivity contribution is 0.974. The predicted octanol–water partition coefficient (Wildman–Crippen LogP) is 2.31. The van der Waals surface area contributed by atoms with Crippen LogP contribution in [-0.4, -0.2) is 11.9 Å². The zero-order chi connectivity index (χ0) is 9.97. The number of hydrogen-bond donors (Lipinski definition) is 1. The highest BCUT2D eigenvalue weighted by atomic mass is 14.9. The molecule has 0 bridgehead atoms. The summed E-state index contributed by atoms with van der Waals surface area (Å²) in [5, 5.41) is 0. The topological polar surface area (TPSA) is 38.4 Å². The molecule has 2 nitrogen and oxygen atoms in total. The maximum absolute atomic E-state index is 5.70. The Labute approximate surface area is 84.9 Å². The molecule has 0 heterocycles. The van der Waals surface area contributed by atoms with Gasteiger partial charge in [-0.05, 0) is 12.0 Å². The first-order valence-corrected chi connectivity index (χ1v) is 5.18. The van der Waals surface area contributed by atoms with Crippen LogP contribution in [0.2, 0.25) is 0 Å². The van der Waals surface area contributed by atoms with Gasteiger partial charge in [0, 0.05) is 12.3 Å². The molecule has 2 unspecified atom stereocenters. The number of benzene rings is 1. The average molecular weight is 188 g/mol. The third-order valence-corrected chi connectivity index (χ3v) is 2.68. The molecule has 2 N–H and O–H groups in total. The molecule has 1 aromatic carbocycles. The van der Waals surface area contributed by atoms with Crippen LogP contribution in [0.25, 0.3) is 0 Å². The highest BCUT2D eigenvalue weighted by Crippen LogP contribution is 2.43. The molecule has 1 aromatic rings. The quantitative estimate of drug-likeness (QED) is 0.573. The van der Waals surface area contributed by atoms with E-state index in [2.05, 4.69) is 29.3 Å². The van der Waals surface area contributed by atoms with Crippen molar-refractivity contribution >= 4 is 5.84 Å². The van der Waals surface area contributed by atoms with Crippen molar-refractivity contribution in [2.24, 2.45) is 10.7 Å². The molecule has 1 aliphatic rings. The third-order valence-electron chi connectivity index (χ3n) is 2.68. The van der Waals surface area contributed by atoms with Crippen LogP contribution in [0.4, 0.5) is 0 Å². The zero-order valence-corrected chi connectivity index (χ0v) is 8.48. The molecule has 1 fully saturated rings. The molecule has 0 radical (unpaired) electrons. The monoisotopic (exact) mass is 188 g/mol. The van der Waals surface area contributed by atoms with E-state index < -0.39 is 0 Å². The Balaban J connectivity index is 2.00.